The van der Waals surface area contributed by atoms with Gasteiger partial charge in [0.2, 0.25) is 0 Å². The molecule has 0 fully saturated rings. The van der Waals surface area contributed by atoms with E-state index in [4.69, 9.17) is 4.74 Å². The molecule has 0 bridgehead atoms. The molecule has 5 nitrogen and oxygen atoms in total. The predicted octanol–water partition coefficient (Wildman–Crippen LogP) is 6.71. The molecule has 0 spiro atoms. The van der Waals surface area contributed by atoms with Crippen LogP contribution in [0.1, 0.15) is 76.7 Å². The summed E-state index contributed by atoms with van der Waals surface area (Å²) in [7, 11) is 0. The Morgan fingerprint density at radius 3 is 2.42 bits per heavy atom. The highest BCUT2D eigenvalue weighted by Gasteiger charge is 2.16. The quantitative estimate of drug-likeness (QED) is 0.425. The van der Waals surface area contributed by atoms with Crippen molar-refractivity contribution in [3.05, 3.63) is 53.6 Å². The maximum absolute atomic E-state index is 12.7. The molecule has 31 heavy (non-hydrogen) atoms. The van der Waals surface area contributed by atoms with E-state index in [0.29, 0.717) is 11.4 Å². The molecular formula is C26H35N3O2. The average Bonchev–Trinajstić information content (AvgIpc) is 3.09. The number of aromatic amines is 1. The van der Waals surface area contributed by atoms with E-state index < -0.39 is 0 Å². The van der Waals surface area contributed by atoms with Gasteiger partial charge in [-0.2, -0.15) is 5.10 Å². The smallest absolute Gasteiger partial charge is 0.256 e. The maximum Gasteiger partial charge on any atom is 0.256 e. The van der Waals surface area contributed by atoms with E-state index in [-0.39, 0.29) is 17.4 Å². The number of fused-ring (bicyclic) bond motifs is 1. The lowest BCUT2D eigenvalue weighted by molar-refractivity contribution is 0.102. The van der Waals surface area contributed by atoms with E-state index in [2.05, 4.69) is 57.1 Å². The fourth-order valence-corrected chi connectivity index (χ4v) is 3.57. The minimum Gasteiger partial charge on any atom is -0.491 e. The largest absolute Gasteiger partial charge is 0.491 e. The molecule has 1 heterocycles. The molecule has 0 aliphatic rings. The summed E-state index contributed by atoms with van der Waals surface area (Å²) < 4.78 is 6.07. The van der Waals surface area contributed by atoms with E-state index in [0.717, 1.165) is 35.4 Å². The lowest BCUT2D eigenvalue weighted by Gasteiger charge is -2.19. The third-order valence-electron chi connectivity index (χ3n) is 5.51. The fraction of sp³-hybridized carbons (Fsp3) is 0.462. The normalized spacial score (nSPS) is 12.9. The van der Waals surface area contributed by atoms with Crippen LogP contribution in [0.2, 0.25) is 0 Å². The van der Waals surface area contributed by atoms with Crippen molar-refractivity contribution >= 4 is 22.6 Å². The highest BCUT2D eigenvalue weighted by atomic mass is 16.5. The molecule has 0 radical (unpaired) electrons. The molecule has 2 aromatic carbocycles. The van der Waals surface area contributed by atoms with E-state index in [9.17, 15) is 4.79 Å². The highest BCUT2D eigenvalue weighted by Crippen LogP contribution is 2.27. The zero-order chi connectivity index (χ0) is 22.6. The summed E-state index contributed by atoms with van der Waals surface area (Å²) in [6, 6.07) is 13.5. The first-order valence-electron chi connectivity index (χ1n) is 11.2. The highest BCUT2D eigenvalue weighted by molar-refractivity contribution is 6.07. The van der Waals surface area contributed by atoms with E-state index in [1.165, 1.54) is 12.0 Å². The number of H-pyrrole nitrogens is 1. The second-order valence-electron chi connectivity index (χ2n) is 9.81. The van der Waals surface area contributed by atoms with Gasteiger partial charge in [-0.05, 0) is 60.9 Å². The minimum absolute atomic E-state index is 0.0547. The second kappa shape index (κ2) is 9.54. The first kappa shape index (κ1) is 22.9. The number of hydrogen-bond donors (Lipinski definition) is 2. The van der Waals surface area contributed by atoms with Gasteiger partial charge in [-0.3, -0.25) is 9.89 Å². The lowest BCUT2D eigenvalue weighted by atomic mass is 9.87. The summed E-state index contributed by atoms with van der Waals surface area (Å²) in [4.78, 5) is 12.7. The van der Waals surface area contributed by atoms with Crippen molar-refractivity contribution in [3.8, 4) is 5.75 Å². The maximum atomic E-state index is 12.7. The van der Waals surface area contributed by atoms with Crippen LogP contribution in [-0.2, 0) is 5.41 Å². The van der Waals surface area contributed by atoms with Crippen molar-refractivity contribution in [3.63, 3.8) is 0 Å². The molecule has 0 aliphatic carbocycles. The van der Waals surface area contributed by atoms with Gasteiger partial charge in [-0.1, -0.05) is 53.2 Å². The van der Waals surface area contributed by atoms with Gasteiger partial charge in [0.1, 0.15) is 5.75 Å². The predicted molar refractivity (Wildman–Crippen MR) is 128 cm³/mol. The minimum atomic E-state index is -0.173. The Kier molecular flexibility index (Phi) is 7.04. The van der Waals surface area contributed by atoms with Crippen molar-refractivity contribution in [1.29, 1.82) is 0 Å². The molecule has 2 N–H and O–H groups in total. The lowest BCUT2D eigenvalue weighted by Crippen LogP contribution is -2.14. The third kappa shape index (κ3) is 6.09. The van der Waals surface area contributed by atoms with Gasteiger partial charge in [0.25, 0.3) is 5.91 Å². The third-order valence-corrected chi connectivity index (χ3v) is 5.51. The SMILES string of the molecule is CC(C)CCCC(C)Oc1ccc2c(NC(=O)c3ccc(C(C)(C)C)cc3)n[nH]c2c1. The average molecular weight is 422 g/mol. The van der Waals surface area contributed by atoms with Crippen LogP contribution in [0, 0.1) is 5.92 Å². The number of rotatable bonds is 8. The van der Waals surface area contributed by atoms with Crippen LogP contribution in [-0.4, -0.2) is 22.2 Å². The molecule has 0 saturated heterocycles. The molecule has 1 aromatic heterocycles. The number of nitrogens with zero attached hydrogens (tertiary/aromatic N) is 1. The standard InChI is InChI=1S/C26H35N3O2/c1-17(2)8-7-9-18(3)31-21-14-15-22-23(16-21)28-29-24(22)27-25(30)19-10-12-20(13-11-19)26(4,5)6/h10-18H,7-9H2,1-6H3,(H2,27,28,29,30). The summed E-state index contributed by atoms with van der Waals surface area (Å²) in [5.41, 5.74) is 2.70. The van der Waals surface area contributed by atoms with Crippen LogP contribution < -0.4 is 10.1 Å². The van der Waals surface area contributed by atoms with Crippen LogP contribution in [0.25, 0.3) is 10.9 Å². The molecule has 1 amide bonds. The molecule has 166 valence electrons. The van der Waals surface area contributed by atoms with E-state index in [1.54, 1.807) is 0 Å². The topological polar surface area (TPSA) is 67.0 Å². The summed E-state index contributed by atoms with van der Waals surface area (Å²) in [6.07, 6.45) is 3.58. The molecule has 0 saturated carbocycles. The Hall–Kier alpha value is -2.82. The van der Waals surface area contributed by atoms with Gasteiger partial charge >= 0.3 is 0 Å². The Morgan fingerprint density at radius 1 is 1.06 bits per heavy atom. The summed E-state index contributed by atoms with van der Waals surface area (Å²) in [5, 5.41) is 11.1. The molecule has 5 heteroatoms. The first-order valence-corrected chi connectivity index (χ1v) is 11.2. The van der Waals surface area contributed by atoms with Crippen LogP contribution in [0.4, 0.5) is 5.82 Å². The number of aromatic nitrogens is 2. The molecule has 3 rings (SSSR count). The van der Waals surface area contributed by atoms with Crippen LogP contribution in [0.15, 0.2) is 42.5 Å². The number of carbonyl (C=O) groups excluding carboxylic acids is 1. The zero-order valence-corrected chi connectivity index (χ0v) is 19.6. The Balaban J connectivity index is 1.65. The van der Waals surface area contributed by atoms with Gasteiger partial charge in [-0.25, -0.2) is 0 Å². The Morgan fingerprint density at radius 2 is 1.77 bits per heavy atom. The molecule has 3 aromatic rings. The van der Waals surface area contributed by atoms with Crippen LogP contribution >= 0.6 is 0 Å². The number of carbonyl (C=O) groups is 1. The van der Waals surface area contributed by atoms with Crippen molar-refractivity contribution in [2.45, 2.75) is 72.3 Å². The molecule has 0 aliphatic heterocycles. The summed E-state index contributed by atoms with van der Waals surface area (Å²) >= 11 is 0. The summed E-state index contributed by atoms with van der Waals surface area (Å²) in [6.45, 7) is 13.1. The number of benzene rings is 2. The number of anilines is 1. The van der Waals surface area contributed by atoms with E-state index in [1.807, 2.05) is 42.5 Å². The first-order chi connectivity index (χ1) is 14.6. The van der Waals surface area contributed by atoms with Crippen molar-refractivity contribution in [2.24, 2.45) is 5.92 Å². The second-order valence-corrected chi connectivity index (χ2v) is 9.81. The summed E-state index contributed by atoms with van der Waals surface area (Å²) in [5.74, 6) is 1.88. The van der Waals surface area contributed by atoms with Gasteiger partial charge in [0, 0.05) is 17.0 Å². The molecule has 1 atom stereocenters. The van der Waals surface area contributed by atoms with Gasteiger partial charge in [-0.15, -0.1) is 0 Å². The van der Waals surface area contributed by atoms with Crippen LogP contribution in [0.5, 0.6) is 5.75 Å². The van der Waals surface area contributed by atoms with Crippen molar-refractivity contribution < 1.29 is 9.53 Å². The Bertz CT molecular complexity index is 1010. The van der Waals surface area contributed by atoms with Crippen molar-refractivity contribution in [1.82, 2.24) is 10.2 Å². The number of amides is 1. The van der Waals surface area contributed by atoms with E-state index >= 15 is 0 Å². The van der Waals surface area contributed by atoms with Gasteiger partial charge < -0.3 is 10.1 Å². The van der Waals surface area contributed by atoms with Crippen molar-refractivity contribution in [2.75, 3.05) is 5.32 Å². The number of hydrogen-bond acceptors (Lipinski definition) is 3. The van der Waals surface area contributed by atoms with Crippen LogP contribution in [0.3, 0.4) is 0 Å². The molecular weight excluding hydrogens is 386 g/mol. The molecule has 1 unspecified atom stereocenters. The van der Waals surface area contributed by atoms with Gasteiger partial charge in [0.15, 0.2) is 5.82 Å². The monoisotopic (exact) mass is 421 g/mol. The zero-order valence-electron chi connectivity index (χ0n) is 19.6. The van der Waals surface area contributed by atoms with Gasteiger partial charge in [0.05, 0.1) is 11.6 Å². The number of ether oxygens (including phenoxy) is 1. The Labute approximate surface area is 185 Å². The fourth-order valence-electron chi connectivity index (χ4n) is 3.57. The number of nitrogens with one attached hydrogen (secondary N) is 2.